The highest BCUT2D eigenvalue weighted by Gasteiger charge is 2.62. The van der Waals surface area contributed by atoms with Crippen LogP contribution in [0.4, 0.5) is 11.4 Å². The Hall–Kier alpha value is -3.92. The van der Waals surface area contributed by atoms with Crippen molar-refractivity contribution in [3.63, 3.8) is 0 Å². The van der Waals surface area contributed by atoms with Crippen molar-refractivity contribution in [3.8, 4) is 23.0 Å². The summed E-state index contributed by atoms with van der Waals surface area (Å²) in [4.78, 5) is 0. The number of rotatable bonds is 11. The summed E-state index contributed by atoms with van der Waals surface area (Å²) in [6, 6.07) is 33.3. The summed E-state index contributed by atoms with van der Waals surface area (Å²) in [6.07, 6.45) is 16.4. The third-order valence-corrected chi connectivity index (χ3v) is 16.4. The van der Waals surface area contributed by atoms with E-state index in [1.807, 2.05) is 48.5 Å². The summed E-state index contributed by atoms with van der Waals surface area (Å²) < 4.78 is 12.5. The van der Waals surface area contributed by atoms with Crippen LogP contribution in [0.5, 0.6) is 23.0 Å². The summed E-state index contributed by atoms with van der Waals surface area (Å²) in [7, 11) is 0. The van der Waals surface area contributed by atoms with Crippen molar-refractivity contribution >= 4 is 11.4 Å². The van der Waals surface area contributed by atoms with Gasteiger partial charge in [-0.15, -0.1) is 0 Å². The molecular weight excluding hydrogens is 673 g/mol. The number of ether oxygens (including phenoxy) is 2. The van der Waals surface area contributed by atoms with Crippen LogP contribution in [-0.4, -0.2) is 0 Å². The zero-order chi connectivity index (χ0) is 38.4. The lowest BCUT2D eigenvalue weighted by molar-refractivity contribution is -0.122. The monoisotopic (exact) mass is 739 g/mol. The third kappa shape index (κ3) is 7.17. The molecule has 8 unspecified atom stereocenters. The first-order chi connectivity index (χ1) is 26.5. The van der Waals surface area contributed by atoms with Gasteiger partial charge < -0.3 is 20.9 Å². The lowest BCUT2D eigenvalue weighted by atomic mass is 9.42. The average Bonchev–Trinajstić information content (AvgIpc) is 3.56. The van der Waals surface area contributed by atoms with Gasteiger partial charge in [0.25, 0.3) is 0 Å². The highest BCUT2D eigenvalue weighted by Crippen LogP contribution is 2.70. The van der Waals surface area contributed by atoms with Gasteiger partial charge in [0.2, 0.25) is 0 Å². The van der Waals surface area contributed by atoms with Crippen LogP contribution in [0, 0.1) is 52.3 Å². The number of hydrogen-bond acceptors (Lipinski definition) is 4. The summed E-state index contributed by atoms with van der Waals surface area (Å²) in [5.74, 6) is 9.30. The van der Waals surface area contributed by atoms with Crippen LogP contribution in [0.25, 0.3) is 0 Å². The summed E-state index contributed by atoms with van der Waals surface area (Å²) in [6.45, 7) is 12.9. The molecule has 4 saturated carbocycles. The molecule has 9 atom stereocenters. The molecule has 4 heteroatoms. The van der Waals surface area contributed by atoms with Gasteiger partial charge in [0.15, 0.2) is 0 Å². The van der Waals surface area contributed by atoms with Crippen molar-refractivity contribution in [1.82, 2.24) is 0 Å². The van der Waals surface area contributed by atoms with E-state index in [0.717, 1.165) is 76.3 Å². The molecule has 4 nitrogen and oxygen atoms in total. The van der Waals surface area contributed by atoms with Crippen LogP contribution in [0.2, 0.25) is 0 Å². The van der Waals surface area contributed by atoms with Crippen molar-refractivity contribution < 1.29 is 9.47 Å². The van der Waals surface area contributed by atoms with Crippen LogP contribution in [-0.2, 0) is 5.41 Å². The number of anilines is 2. The largest absolute Gasteiger partial charge is 0.457 e. The zero-order valence-corrected chi connectivity index (χ0v) is 34.2. The molecule has 4 fully saturated rings. The Balaban J connectivity index is 1.05. The summed E-state index contributed by atoms with van der Waals surface area (Å²) in [5, 5.41) is 0. The van der Waals surface area contributed by atoms with Crippen LogP contribution in [0.1, 0.15) is 123 Å². The molecule has 4 N–H and O–H groups in total. The molecule has 0 aliphatic heterocycles. The topological polar surface area (TPSA) is 70.5 Å². The van der Waals surface area contributed by atoms with Gasteiger partial charge in [-0.3, -0.25) is 0 Å². The lowest BCUT2D eigenvalue weighted by Gasteiger charge is -2.63. The zero-order valence-electron chi connectivity index (χ0n) is 34.2. The smallest absolute Gasteiger partial charge is 0.127 e. The fourth-order valence-electron chi connectivity index (χ4n) is 12.9. The van der Waals surface area contributed by atoms with Gasteiger partial charge in [-0.1, -0.05) is 78.1 Å². The predicted octanol–water partition coefficient (Wildman–Crippen LogP) is 13.8. The number of hydrogen-bond donors (Lipinski definition) is 2. The molecule has 4 aliphatic rings. The molecular formula is C51H66N2O2. The van der Waals surface area contributed by atoms with Crippen LogP contribution < -0.4 is 20.9 Å². The molecule has 55 heavy (non-hydrogen) atoms. The molecule has 4 aromatic rings. The number of nitrogens with two attached hydrogens (primary N) is 2. The van der Waals surface area contributed by atoms with Crippen molar-refractivity contribution in [2.24, 2.45) is 52.3 Å². The minimum atomic E-state index is -0.0663. The molecule has 0 saturated heterocycles. The average molecular weight is 739 g/mol. The first kappa shape index (κ1) is 38.0. The maximum Gasteiger partial charge on any atom is 0.127 e. The Bertz CT molecular complexity index is 1790. The molecule has 8 rings (SSSR count). The first-order valence-corrected chi connectivity index (χ1v) is 21.8. The Morgan fingerprint density at radius 2 is 1.09 bits per heavy atom. The number of benzene rings is 4. The van der Waals surface area contributed by atoms with E-state index in [1.54, 1.807) is 0 Å². The molecule has 0 heterocycles. The van der Waals surface area contributed by atoms with Crippen molar-refractivity contribution in [2.45, 2.75) is 117 Å². The van der Waals surface area contributed by atoms with E-state index in [4.69, 9.17) is 20.9 Å². The van der Waals surface area contributed by atoms with Gasteiger partial charge in [-0.25, -0.2) is 0 Å². The van der Waals surface area contributed by atoms with E-state index in [9.17, 15) is 0 Å². The fourth-order valence-corrected chi connectivity index (χ4v) is 12.9. The fraction of sp³-hybridized carbons (Fsp3) is 0.529. The number of fused-ring (bicyclic) bond motifs is 5. The standard InChI is InChI=1S/C51H66N2O2/c1-6-34(2)7-8-35(3)46-27-28-47-45-26-13-38-33-51(32-31-49(38,4)48(45)29-30-50(46,47)5,36-9-18-41(19-10-36)54-43-22-14-39(52)15-23-43)37-11-20-42(21-12-37)55-44-24-16-40(53)17-25-44/h9-12,14-25,34-35,38,45-48H,6-8,13,26-33,52-53H2,1-5H3/t34-,35?,38?,45?,46?,47?,48?,49?,50?/m0/s1. The third-order valence-electron chi connectivity index (χ3n) is 16.4. The second-order valence-corrected chi connectivity index (χ2v) is 19.1. The second kappa shape index (κ2) is 15.2. The van der Waals surface area contributed by atoms with Crippen LogP contribution >= 0.6 is 0 Å². The normalized spacial score (nSPS) is 30.7. The van der Waals surface area contributed by atoms with E-state index in [2.05, 4.69) is 83.1 Å². The quantitative estimate of drug-likeness (QED) is 0.150. The minimum absolute atomic E-state index is 0.0663. The van der Waals surface area contributed by atoms with Crippen molar-refractivity contribution in [3.05, 3.63) is 108 Å². The molecule has 0 bridgehead atoms. The molecule has 4 aromatic carbocycles. The predicted molar refractivity (Wildman–Crippen MR) is 229 cm³/mol. The summed E-state index contributed by atoms with van der Waals surface area (Å²) >= 11 is 0. The maximum absolute atomic E-state index is 6.27. The van der Waals surface area contributed by atoms with Gasteiger partial charge in [-0.2, -0.15) is 0 Å². The van der Waals surface area contributed by atoms with Gasteiger partial charge in [0, 0.05) is 16.8 Å². The highest BCUT2D eigenvalue weighted by molar-refractivity contribution is 5.48. The van der Waals surface area contributed by atoms with Gasteiger partial charge in [-0.05, 0) is 194 Å². The second-order valence-electron chi connectivity index (χ2n) is 19.1. The molecule has 0 radical (unpaired) electrons. The molecule has 0 spiro atoms. The van der Waals surface area contributed by atoms with Gasteiger partial charge in [0.05, 0.1) is 0 Å². The van der Waals surface area contributed by atoms with E-state index in [0.29, 0.717) is 16.7 Å². The minimum Gasteiger partial charge on any atom is -0.457 e. The van der Waals surface area contributed by atoms with Crippen LogP contribution in [0.15, 0.2) is 97.1 Å². The van der Waals surface area contributed by atoms with E-state index in [1.165, 1.54) is 81.8 Å². The highest BCUT2D eigenvalue weighted by atomic mass is 16.5. The van der Waals surface area contributed by atoms with Gasteiger partial charge >= 0.3 is 0 Å². The Morgan fingerprint density at radius 3 is 1.62 bits per heavy atom. The first-order valence-electron chi connectivity index (χ1n) is 21.8. The summed E-state index contributed by atoms with van der Waals surface area (Å²) in [5.41, 5.74) is 17.0. The number of nitrogen functional groups attached to an aromatic ring is 2. The molecule has 0 aromatic heterocycles. The van der Waals surface area contributed by atoms with Crippen LogP contribution in [0.3, 0.4) is 0 Å². The maximum atomic E-state index is 6.27. The van der Waals surface area contributed by atoms with E-state index >= 15 is 0 Å². The van der Waals surface area contributed by atoms with Crippen molar-refractivity contribution in [2.75, 3.05) is 11.5 Å². The van der Waals surface area contributed by atoms with E-state index in [-0.39, 0.29) is 5.41 Å². The SMILES string of the molecule is CC[C@H](C)CCC(C)C1CCC2C3CCC4CC(c5ccc(Oc6ccc(N)cc6)cc5)(c5ccc(Oc6ccc(N)cc6)cc5)CCC4(C)C3CCC12C. The molecule has 4 aliphatic carbocycles. The Kier molecular flexibility index (Phi) is 10.5. The Labute approximate surface area is 331 Å². The van der Waals surface area contributed by atoms with Crippen molar-refractivity contribution in [1.29, 1.82) is 0 Å². The molecule has 292 valence electrons. The Morgan fingerprint density at radius 1 is 0.582 bits per heavy atom. The lowest BCUT2D eigenvalue weighted by Crippen LogP contribution is -2.55. The molecule has 0 amide bonds. The van der Waals surface area contributed by atoms with E-state index < -0.39 is 0 Å². The van der Waals surface area contributed by atoms with Gasteiger partial charge in [0.1, 0.15) is 23.0 Å².